The third-order valence-electron chi connectivity index (χ3n) is 3.85. The van der Waals surface area contributed by atoms with Crippen LogP contribution < -0.4 is 15.8 Å². The SMILES string of the molecule is CCN(CCNC(=O)c1cc(Oc2ccc(N)cc2)ccn1)CCOC. The van der Waals surface area contributed by atoms with Gasteiger partial charge in [-0.05, 0) is 36.9 Å². The Bertz CT molecular complexity index is 691. The first-order chi connectivity index (χ1) is 12.6. The molecule has 1 amide bonds. The molecule has 0 fully saturated rings. The molecule has 3 N–H and O–H groups in total. The van der Waals surface area contributed by atoms with Crippen LogP contribution >= 0.6 is 0 Å². The molecule has 0 spiro atoms. The third kappa shape index (κ3) is 6.34. The summed E-state index contributed by atoms with van der Waals surface area (Å²) in [6, 6.07) is 10.4. The van der Waals surface area contributed by atoms with Gasteiger partial charge in [0.05, 0.1) is 6.61 Å². The molecule has 7 nitrogen and oxygen atoms in total. The molecule has 26 heavy (non-hydrogen) atoms. The largest absolute Gasteiger partial charge is 0.457 e. The molecule has 0 aliphatic carbocycles. The second kappa shape index (κ2) is 10.4. The fourth-order valence-corrected chi connectivity index (χ4v) is 2.34. The van der Waals surface area contributed by atoms with E-state index in [-0.39, 0.29) is 5.91 Å². The lowest BCUT2D eigenvalue weighted by atomic mass is 10.3. The lowest BCUT2D eigenvalue weighted by Crippen LogP contribution is -2.36. The average molecular weight is 358 g/mol. The summed E-state index contributed by atoms with van der Waals surface area (Å²) in [5.41, 5.74) is 6.64. The van der Waals surface area contributed by atoms with Crippen LogP contribution in [0, 0.1) is 0 Å². The fraction of sp³-hybridized carbons (Fsp3) is 0.368. The third-order valence-corrected chi connectivity index (χ3v) is 3.85. The molecule has 2 rings (SSSR count). The van der Waals surface area contributed by atoms with Gasteiger partial charge in [-0.15, -0.1) is 0 Å². The number of methoxy groups -OCH3 is 1. The van der Waals surface area contributed by atoms with E-state index >= 15 is 0 Å². The molecule has 1 aromatic carbocycles. The molecule has 0 bridgehead atoms. The van der Waals surface area contributed by atoms with E-state index in [2.05, 4.69) is 22.1 Å². The molecule has 0 radical (unpaired) electrons. The summed E-state index contributed by atoms with van der Waals surface area (Å²) in [6.07, 6.45) is 1.55. The quantitative estimate of drug-likeness (QED) is 0.633. The van der Waals surface area contributed by atoms with Crippen LogP contribution in [0.25, 0.3) is 0 Å². The van der Waals surface area contributed by atoms with Crippen molar-refractivity contribution in [3.63, 3.8) is 0 Å². The highest BCUT2D eigenvalue weighted by Crippen LogP contribution is 2.22. The number of rotatable bonds is 10. The van der Waals surface area contributed by atoms with E-state index in [4.69, 9.17) is 15.2 Å². The summed E-state index contributed by atoms with van der Waals surface area (Å²) in [5.74, 6) is 0.967. The molecule has 0 aliphatic rings. The van der Waals surface area contributed by atoms with Gasteiger partial charge in [-0.1, -0.05) is 6.92 Å². The molecule has 7 heteroatoms. The van der Waals surface area contributed by atoms with Crippen LogP contribution in [-0.4, -0.2) is 55.7 Å². The highest BCUT2D eigenvalue weighted by atomic mass is 16.5. The Morgan fingerprint density at radius 2 is 1.96 bits per heavy atom. The van der Waals surface area contributed by atoms with Crippen LogP contribution in [0.15, 0.2) is 42.6 Å². The highest BCUT2D eigenvalue weighted by molar-refractivity contribution is 5.92. The Kier molecular flexibility index (Phi) is 7.85. The van der Waals surface area contributed by atoms with Crippen molar-refractivity contribution in [2.45, 2.75) is 6.92 Å². The van der Waals surface area contributed by atoms with E-state index in [9.17, 15) is 4.79 Å². The maximum absolute atomic E-state index is 12.3. The number of hydrogen-bond donors (Lipinski definition) is 2. The van der Waals surface area contributed by atoms with E-state index < -0.39 is 0 Å². The van der Waals surface area contributed by atoms with Gasteiger partial charge >= 0.3 is 0 Å². The second-order valence-corrected chi connectivity index (χ2v) is 5.73. The minimum absolute atomic E-state index is 0.226. The number of benzene rings is 1. The van der Waals surface area contributed by atoms with Gasteiger partial charge < -0.3 is 20.5 Å². The molecule has 0 aliphatic heterocycles. The smallest absolute Gasteiger partial charge is 0.270 e. The number of nitrogens with one attached hydrogen (secondary N) is 1. The number of carbonyl (C=O) groups excluding carboxylic acids is 1. The number of aromatic nitrogens is 1. The molecule has 0 saturated heterocycles. The van der Waals surface area contributed by atoms with Gasteiger partial charge in [-0.2, -0.15) is 0 Å². The fourth-order valence-electron chi connectivity index (χ4n) is 2.34. The standard InChI is InChI=1S/C19H26N4O3/c1-3-23(12-13-25-2)11-10-22-19(24)18-14-17(8-9-21-18)26-16-6-4-15(20)5-7-16/h4-9,14H,3,10-13,20H2,1-2H3,(H,22,24). The molecule has 140 valence electrons. The zero-order chi connectivity index (χ0) is 18.8. The molecule has 0 atom stereocenters. The zero-order valence-electron chi connectivity index (χ0n) is 15.3. The van der Waals surface area contributed by atoms with Crippen molar-refractivity contribution in [3.8, 4) is 11.5 Å². The Labute approximate surface area is 154 Å². The van der Waals surface area contributed by atoms with Gasteiger partial charge in [0, 0.05) is 44.7 Å². The van der Waals surface area contributed by atoms with Gasteiger partial charge in [0.25, 0.3) is 5.91 Å². The average Bonchev–Trinajstić information content (AvgIpc) is 2.66. The second-order valence-electron chi connectivity index (χ2n) is 5.73. The Morgan fingerprint density at radius 3 is 2.65 bits per heavy atom. The number of ether oxygens (including phenoxy) is 2. The van der Waals surface area contributed by atoms with Crippen LogP contribution in [0.1, 0.15) is 17.4 Å². The first-order valence-corrected chi connectivity index (χ1v) is 8.61. The number of amides is 1. The minimum Gasteiger partial charge on any atom is -0.457 e. The van der Waals surface area contributed by atoms with Crippen molar-refractivity contribution in [2.24, 2.45) is 0 Å². The highest BCUT2D eigenvalue weighted by Gasteiger charge is 2.09. The molecular formula is C19H26N4O3. The van der Waals surface area contributed by atoms with Crippen LogP contribution in [0.2, 0.25) is 0 Å². The number of likely N-dealkylation sites (N-methyl/N-ethyl adjacent to an activating group) is 1. The summed E-state index contributed by atoms with van der Waals surface area (Å²) in [5, 5.41) is 2.88. The number of nitrogen functional groups attached to an aromatic ring is 1. The van der Waals surface area contributed by atoms with Crippen molar-refractivity contribution in [3.05, 3.63) is 48.3 Å². The Hall–Kier alpha value is -2.64. The van der Waals surface area contributed by atoms with E-state index in [1.165, 1.54) is 0 Å². The molecule has 0 unspecified atom stereocenters. The van der Waals surface area contributed by atoms with Gasteiger partial charge in [0.15, 0.2) is 0 Å². The normalized spacial score (nSPS) is 10.7. The Balaban J connectivity index is 1.88. The van der Waals surface area contributed by atoms with Crippen molar-refractivity contribution >= 4 is 11.6 Å². The van der Waals surface area contributed by atoms with Crippen LogP contribution in [-0.2, 0) is 4.74 Å². The van der Waals surface area contributed by atoms with Crippen molar-refractivity contribution < 1.29 is 14.3 Å². The lowest BCUT2D eigenvalue weighted by molar-refractivity contribution is 0.0939. The maximum atomic E-state index is 12.3. The number of hydrogen-bond acceptors (Lipinski definition) is 6. The number of nitrogens with two attached hydrogens (primary N) is 1. The van der Waals surface area contributed by atoms with Crippen LogP contribution in [0.4, 0.5) is 5.69 Å². The summed E-state index contributed by atoms with van der Waals surface area (Å²) in [4.78, 5) is 18.6. The molecule has 0 saturated carbocycles. The number of carbonyl (C=O) groups is 1. The van der Waals surface area contributed by atoms with E-state index in [0.717, 1.165) is 19.6 Å². The first kappa shape index (κ1) is 19.7. The van der Waals surface area contributed by atoms with Gasteiger partial charge in [0.1, 0.15) is 17.2 Å². The van der Waals surface area contributed by atoms with Crippen molar-refractivity contribution in [2.75, 3.05) is 45.6 Å². The number of pyridine rings is 1. The van der Waals surface area contributed by atoms with E-state index in [0.29, 0.717) is 36.0 Å². The first-order valence-electron chi connectivity index (χ1n) is 8.61. The monoisotopic (exact) mass is 358 g/mol. The van der Waals surface area contributed by atoms with E-state index in [1.54, 1.807) is 49.7 Å². The van der Waals surface area contributed by atoms with Crippen LogP contribution in [0.3, 0.4) is 0 Å². The molecule has 2 aromatic rings. The lowest BCUT2D eigenvalue weighted by Gasteiger charge is -2.19. The van der Waals surface area contributed by atoms with Gasteiger partial charge in [-0.25, -0.2) is 0 Å². The van der Waals surface area contributed by atoms with Crippen molar-refractivity contribution in [1.29, 1.82) is 0 Å². The van der Waals surface area contributed by atoms with Gasteiger partial charge in [0.2, 0.25) is 0 Å². The number of nitrogens with zero attached hydrogens (tertiary/aromatic N) is 2. The summed E-state index contributed by atoms with van der Waals surface area (Å²) >= 11 is 0. The van der Waals surface area contributed by atoms with E-state index in [1.807, 2.05) is 0 Å². The van der Waals surface area contributed by atoms with Crippen molar-refractivity contribution in [1.82, 2.24) is 15.2 Å². The summed E-state index contributed by atoms with van der Waals surface area (Å²) in [7, 11) is 1.68. The zero-order valence-corrected chi connectivity index (χ0v) is 15.3. The van der Waals surface area contributed by atoms with Crippen LogP contribution in [0.5, 0.6) is 11.5 Å². The predicted octanol–water partition coefficient (Wildman–Crippen LogP) is 2.15. The Morgan fingerprint density at radius 1 is 1.19 bits per heavy atom. The van der Waals surface area contributed by atoms with Gasteiger partial charge in [-0.3, -0.25) is 14.7 Å². The minimum atomic E-state index is -0.226. The molecule has 1 aromatic heterocycles. The summed E-state index contributed by atoms with van der Waals surface area (Å²) in [6.45, 7) is 5.80. The summed E-state index contributed by atoms with van der Waals surface area (Å²) < 4.78 is 10.8. The maximum Gasteiger partial charge on any atom is 0.270 e. The predicted molar refractivity (Wildman–Crippen MR) is 101 cm³/mol. The topological polar surface area (TPSA) is 89.7 Å². The number of anilines is 1. The molecular weight excluding hydrogens is 332 g/mol. The molecule has 1 heterocycles.